The van der Waals surface area contributed by atoms with E-state index in [9.17, 15) is 4.79 Å². The molecule has 1 aromatic heterocycles. The maximum atomic E-state index is 11.6. The molecule has 0 unspecified atom stereocenters. The third-order valence-electron chi connectivity index (χ3n) is 2.73. The van der Waals surface area contributed by atoms with E-state index in [1.165, 1.54) is 23.0 Å². The summed E-state index contributed by atoms with van der Waals surface area (Å²) >= 11 is 6.60. The van der Waals surface area contributed by atoms with Gasteiger partial charge in [-0.3, -0.25) is 0 Å². The van der Waals surface area contributed by atoms with E-state index in [1.54, 1.807) is 6.92 Å². The van der Waals surface area contributed by atoms with Crippen molar-refractivity contribution in [3.8, 4) is 0 Å². The number of hydrogen-bond acceptors (Lipinski definition) is 4. The number of carbonyl (C=O) groups is 1. The number of aromatic nitrogens is 1. The molecule has 5 heteroatoms. The Labute approximate surface area is 126 Å². The Morgan fingerprint density at radius 1 is 1.45 bits per heavy atom. The minimum atomic E-state index is -0.365. The molecule has 104 valence electrons. The molecule has 20 heavy (non-hydrogen) atoms. The van der Waals surface area contributed by atoms with Crippen LogP contribution in [0, 0.1) is 10.9 Å². The van der Waals surface area contributed by atoms with Gasteiger partial charge in [-0.1, -0.05) is 24.3 Å². The number of esters is 1. The average Bonchev–Trinajstić information content (AvgIpc) is 2.72. The lowest BCUT2D eigenvalue weighted by Gasteiger charge is -1.97. The molecule has 2 rings (SSSR count). The zero-order chi connectivity index (χ0) is 14.5. The lowest BCUT2D eigenvalue weighted by Crippen LogP contribution is -2.23. The van der Waals surface area contributed by atoms with E-state index in [4.69, 9.17) is 17.0 Å². The van der Waals surface area contributed by atoms with Gasteiger partial charge in [0, 0.05) is 6.08 Å². The summed E-state index contributed by atoms with van der Waals surface area (Å²) < 4.78 is 6.49. The number of carbonyl (C=O) groups excluding carboxylic acids is 1. The monoisotopic (exact) mass is 305 g/mol. The summed E-state index contributed by atoms with van der Waals surface area (Å²) in [4.78, 5) is 14.6. The van der Waals surface area contributed by atoms with Crippen molar-refractivity contribution in [2.45, 2.75) is 13.8 Å². The van der Waals surface area contributed by atoms with Gasteiger partial charge in [-0.25, -0.2) is 4.79 Å². The number of H-pyrrole nitrogens is 1. The molecule has 0 bridgehead atoms. The Kier molecular flexibility index (Phi) is 4.87. The zero-order valence-electron chi connectivity index (χ0n) is 11.3. The number of benzene rings is 1. The van der Waals surface area contributed by atoms with Crippen molar-refractivity contribution in [2.75, 3.05) is 6.61 Å². The van der Waals surface area contributed by atoms with Crippen LogP contribution in [-0.2, 0) is 9.53 Å². The van der Waals surface area contributed by atoms with Crippen molar-refractivity contribution in [1.82, 2.24) is 4.98 Å². The van der Waals surface area contributed by atoms with Crippen LogP contribution in [0.4, 0.5) is 0 Å². The Bertz CT molecular complexity index is 787. The van der Waals surface area contributed by atoms with Gasteiger partial charge in [0.2, 0.25) is 0 Å². The van der Waals surface area contributed by atoms with Gasteiger partial charge in [0.1, 0.15) is 0 Å². The van der Waals surface area contributed by atoms with Crippen LogP contribution in [0.5, 0.6) is 0 Å². The summed E-state index contributed by atoms with van der Waals surface area (Å²) in [5.74, 6) is -0.365. The van der Waals surface area contributed by atoms with Gasteiger partial charge in [-0.2, -0.15) is 0 Å². The Morgan fingerprint density at radius 2 is 2.20 bits per heavy atom. The number of hydrogen-bond donors (Lipinski definition) is 1. The van der Waals surface area contributed by atoms with Gasteiger partial charge < -0.3 is 9.72 Å². The van der Waals surface area contributed by atoms with Crippen molar-refractivity contribution >= 4 is 41.7 Å². The lowest BCUT2D eigenvalue weighted by atomic mass is 10.1. The number of thiazole rings is 1. The average molecular weight is 305 g/mol. The van der Waals surface area contributed by atoms with Crippen LogP contribution < -0.4 is 9.88 Å². The molecule has 0 radical (unpaired) electrons. The Hall–Kier alpha value is -1.72. The molecule has 0 atom stereocenters. The van der Waals surface area contributed by atoms with Gasteiger partial charge in [0.25, 0.3) is 0 Å². The van der Waals surface area contributed by atoms with E-state index in [-0.39, 0.29) is 5.97 Å². The molecule has 0 fully saturated rings. The fourth-order valence-electron chi connectivity index (χ4n) is 1.76. The highest BCUT2D eigenvalue weighted by atomic mass is 32.1. The number of ether oxygens (including phenoxy) is 1. The molecule has 0 aliphatic heterocycles. The minimum Gasteiger partial charge on any atom is -0.463 e. The quantitative estimate of drug-likeness (QED) is 0.699. The molecule has 0 saturated carbocycles. The molecule has 0 amide bonds. The van der Waals surface area contributed by atoms with Gasteiger partial charge in [0.05, 0.1) is 16.5 Å². The summed E-state index contributed by atoms with van der Waals surface area (Å²) in [5.41, 5.74) is 2.28. The second kappa shape index (κ2) is 6.63. The van der Waals surface area contributed by atoms with Crippen molar-refractivity contribution in [2.24, 2.45) is 0 Å². The minimum absolute atomic E-state index is 0.358. The van der Waals surface area contributed by atoms with Crippen LogP contribution in [0.1, 0.15) is 18.1 Å². The molecule has 0 spiro atoms. The molecule has 1 aromatic carbocycles. The first-order valence-corrected chi connectivity index (χ1v) is 7.47. The summed E-state index contributed by atoms with van der Waals surface area (Å²) in [7, 11) is 0. The molecule has 0 aliphatic rings. The van der Waals surface area contributed by atoms with Crippen molar-refractivity contribution in [1.29, 1.82) is 0 Å². The third kappa shape index (κ3) is 3.65. The fourth-order valence-corrected chi connectivity index (χ4v) is 2.90. The second-order valence-electron chi connectivity index (χ2n) is 4.19. The lowest BCUT2D eigenvalue weighted by molar-refractivity contribution is -0.135. The van der Waals surface area contributed by atoms with Crippen LogP contribution >= 0.6 is 23.6 Å². The molecule has 0 saturated heterocycles. The van der Waals surface area contributed by atoms with E-state index in [0.717, 1.165) is 10.1 Å². The number of aryl methyl sites for hydroxylation is 1. The Morgan fingerprint density at radius 3 is 2.90 bits per heavy atom. The topological polar surface area (TPSA) is 42.1 Å². The molecule has 1 heterocycles. The maximum absolute atomic E-state index is 11.6. The highest BCUT2D eigenvalue weighted by Gasteiger charge is 1.99. The zero-order valence-corrected chi connectivity index (χ0v) is 12.9. The molecule has 2 aromatic rings. The predicted molar refractivity (Wildman–Crippen MR) is 84.6 cm³/mol. The third-order valence-corrected chi connectivity index (χ3v) is 3.93. The SMILES string of the molecule is CCOC(=O)/C=c1\[nH]c(=S)s\c1=C/c1ccccc1C. The van der Waals surface area contributed by atoms with Crippen molar-refractivity contribution in [3.63, 3.8) is 0 Å². The molecule has 3 nitrogen and oxygen atoms in total. The van der Waals surface area contributed by atoms with Crippen LogP contribution in [0.2, 0.25) is 0 Å². The van der Waals surface area contributed by atoms with Crippen molar-refractivity contribution in [3.05, 3.63) is 49.2 Å². The van der Waals surface area contributed by atoms with Crippen LogP contribution in [0.15, 0.2) is 24.3 Å². The molecule has 1 N–H and O–H groups in total. The highest BCUT2D eigenvalue weighted by Crippen LogP contribution is 2.07. The summed E-state index contributed by atoms with van der Waals surface area (Å²) in [6.07, 6.45) is 3.47. The van der Waals surface area contributed by atoms with Gasteiger partial charge in [0.15, 0.2) is 3.95 Å². The van der Waals surface area contributed by atoms with E-state index in [1.807, 2.05) is 37.3 Å². The number of nitrogens with one attached hydrogen (secondary N) is 1. The first-order valence-electron chi connectivity index (χ1n) is 6.25. The van der Waals surface area contributed by atoms with E-state index >= 15 is 0 Å². The second-order valence-corrected chi connectivity index (χ2v) is 5.91. The predicted octanol–water partition coefficient (Wildman–Crippen LogP) is 2.29. The first-order chi connectivity index (χ1) is 9.60. The first kappa shape index (κ1) is 14.7. The highest BCUT2D eigenvalue weighted by molar-refractivity contribution is 7.73. The van der Waals surface area contributed by atoms with E-state index in [0.29, 0.717) is 15.9 Å². The normalized spacial score (nSPS) is 12.7. The van der Waals surface area contributed by atoms with E-state index in [2.05, 4.69) is 4.98 Å². The standard InChI is InChI=1S/C15H15NO2S2/c1-3-18-14(17)9-12-13(20-15(19)16-12)8-11-7-5-4-6-10(11)2/h4-9H,3H2,1-2H3,(H,16,19)/b12-9-,13-8-. The van der Waals surface area contributed by atoms with Crippen LogP contribution in [-0.4, -0.2) is 17.6 Å². The molecule has 0 aliphatic carbocycles. The molecular weight excluding hydrogens is 290 g/mol. The fraction of sp³-hybridized carbons (Fsp3) is 0.200. The molecular formula is C15H15NO2S2. The number of aromatic amines is 1. The van der Waals surface area contributed by atoms with Crippen LogP contribution in [0.25, 0.3) is 12.2 Å². The summed E-state index contributed by atoms with van der Waals surface area (Å²) in [6, 6.07) is 8.07. The summed E-state index contributed by atoms with van der Waals surface area (Å²) in [6.45, 7) is 4.19. The van der Waals surface area contributed by atoms with Gasteiger partial charge in [-0.05, 0) is 43.3 Å². The summed E-state index contributed by atoms with van der Waals surface area (Å²) in [5, 5.41) is 0.696. The number of rotatable bonds is 3. The smallest absolute Gasteiger partial charge is 0.332 e. The largest absolute Gasteiger partial charge is 0.463 e. The maximum Gasteiger partial charge on any atom is 0.332 e. The van der Waals surface area contributed by atoms with E-state index < -0.39 is 0 Å². The van der Waals surface area contributed by atoms with Gasteiger partial charge in [-0.15, -0.1) is 11.3 Å². The Balaban J connectivity index is 2.56. The van der Waals surface area contributed by atoms with Crippen molar-refractivity contribution < 1.29 is 9.53 Å². The van der Waals surface area contributed by atoms with Gasteiger partial charge >= 0.3 is 5.97 Å². The van der Waals surface area contributed by atoms with Crippen LogP contribution in [0.3, 0.4) is 0 Å².